The Morgan fingerprint density at radius 3 is 2.90 bits per heavy atom. The smallest absolute Gasteiger partial charge is 0.326 e. The SMILES string of the molecule is CCNC1(C(=O)OCC)CCCC(OCC2CCOC2)C1. The Bertz CT molecular complexity index is 326. The van der Waals surface area contributed by atoms with Crippen molar-refractivity contribution >= 4 is 5.97 Å². The lowest BCUT2D eigenvalue weighted by molar-refractivity contribution is -0.155. The van der Waals surface area contributed by atoms with Crippen molar-refractivity contribution in [1.29, 1.82) is 0 Å². The average Bonchev–Trinajstić information content (AvgIpc) is 2.99. The van der Waals surface area contributed by atoms with Crippen LogP contribution in [-0.2, 0) is 19.0 Å². The zero-order valence-corrected chi connectivity index (χ0v) is 13.4. The summed E-state index contributed by atoms with van der Waals surface area (Å²) >= 11 is 0. The normalized spacial score (nSPS) is 33.0. The number of likely N-dealkylation sites (N-methyl/N-ethyl adjacent to an activating group) is 1. The molecule has 0 amide bonds. The van der Waals surface area contributed by atoms with Crippen LogP contribution in [0.2, 0.25) is 0 Å². The van der Waals surface area contributed by atoms with Crippen molar-refractivity contribution in [3.05, 3.63) is 0 Å². The van der Waals surface area contributed by atoms with E-state index >= 15 is 0 Å². The van der Waals surface area contributed by atoms with Gasteiger partial charge in [0.05, 0.1) is 25.9 Å². The van der Waals surface area contributed by atoms with Gasteiger partial charge in [0.25, 0.3) is 0 Å². The van der Waals surface area contributed by atoms with Crippen LogP contribution in [0.4, 0.5) is 0 Å². The molecule has 0 bridgehead atoms. The fourth-order valence-electron chi connectivity index (χ4n) is 3.38. The Kier molecular flexibility index (Phi) is 6.45. The first-order chi connectivity index (χ1) is 10.2. The number of ether oxygens (including phenoxy) is 3. The molecular weight excluding hydrogens is 270 g/mol. The molecule has 2 rings (SSSR count). The van der Waals surface area contributed by atoms with Crippen LogP contribution in [0.3, 0.4) is 0 Å². The third-order valence-corrected chi connectivity index (χ3v) is 4.48. The topological polar surface area (TPSA) is 56.8 Å². The van der Waals surface area contributed by atoms with E-state index in [1.54, 1.807) is 0 Å². The van der Waals surface area contributed by atoms with Gasteiger partial charge in [0.1, 0.15) is 5.54 Å². The van der Waals surface area contributed by atoms with Crippen molar-refractivity contribution in [3.8, 4) is 0 Å². The summed E-state index contributed by atoms with van der Waals surface area (Å²) in [6, 6.07) is 0. The fourth-order valence-corrected chi connectivity index (χ4v) is 3.38. The lowest BCUT2D eigenvalue weighted by Crippen LogP contribution is -2.57. The predicted molar refractivity (Wildman–Crippen MR) is 80.2 cm³/mol. The summed E-state index contributed by atoms with van der Waals surface area (Å²) in [5, 5.41) is 3.36. The molecule has 1 saturated carbocycles. The van der Waals surface area contributed by atoms with E-state index in [1.807, 2.05) is 13.8 Å². The molecule has 5 heteroatoms. The molecule has 3 unspecified atom stereocenters. The Labute approximate surface area is 127 Å². The summed E-state index contributed by atoms with van der Waals surface area (Å²) in [6.45, 7) is 7.48. The van der Waals surface area contributed by atoms with Crippen molar-refractivity contribution in [3.63, 3.8) is 0 Å². The second kappa shape index (κ2) is 8.11. The lowest BCUT2D eigenvalue weighted by atomic mass is 9.80. The van der Waals surface area contributed by atoms with E-state index in [4.69, 9.17) is 14.2 Å². The van der Waals surface area contributed by atoms with Crippen molar-refractivity contribution in [2.45, 2.75) is 57.6 Å². The fraction of sp³-hybridized carbons (Fsp3) is 0.938. The van der Waals surface area contributed by atoms with Crippen LogP contribution in [0, 0.1) is 5.92 Å². The van der Waals surface area contributed by atoms with Gasteiger partial charge in [-0.1, -0.05) is 6.92 Å². The molecular formula is C16H29NO4. The minimum Gasteiger partial charge on any atom is -0.465 e. The highest BCUT2D eigenvalue weighted by Crippen LogP contribution is 2.32. The van der Waals surface area contributed by atoms with Crippen LogP contribution in [-0.4, -0.2) is 50.6 Å². The van der Waals surface area contributed by atoms with Gasteiger partial charge in [0, 0.05) is 18.9 Å². The molecule has 1 aliphatic carbocycles. The number of carbonyl (C=O) groups is 1. The second-order valence-electron chi connectivity index (χ2n) is 6.11. The van der Waals surface area contributed by atoms with Crippen LogP contribution in [0.15, 0.2) is 0 Å². The standard InChI is InChI=1S/C16H29NO4/c1-3-17-16(15(18)20-4-2)8-5-6-14(10-16)21-12-13-7-9-19-11-13/h13-14,17H,3-12H2,1-2H3. The summed E-state index contributed by atoms with van der Waals surface area (Å²) in [7, 11) is 0. The van der Waals surface area contributed by atoms with E-state index in [-0.39, 0.29) is 12.1 Å². The zero-order chi connectivity index (χ0) is 15.1. The molecule has 122 valence electrons. The van der Waals surface area contributed by atoms with Gasteiger partial charge in [-0.15, -0.1) is 0 Å². The Morgan fingerprint density at radius 2 is 2.24 bits per heavy atom. The molecule has 0 spiro atoms. The van der Waals surface area contributed by atoms with E-state index in [9.17, 15) is 4.79 Å². The number of hydrogen-bond acceptors (Lipinski definition) is 5. The molecule has 0 radical (unpaired) electrons. The summed E-state index contributed by atoms with van der Waals surface area (Å²) in [6.07, 6.45) is 4.81. The maximum atomic E-state index is 12.4. The summed E-state index contributed by atoms with van der Waals surface area (Å²) in [5.41, 5.74) is -0.556. The highest BCUT2D eigenvalue weighted by atomic mass is 16.5. The van der Waals surface area contributed by atoms with Crippen LogP contribution >= 0.6 is 0 Å². The number of carbonyl (C=O) groups excluding carboxylic acids is 1. The van der Waals surface area contributed by atoms with Gasteiger partial charge in [-0.3, -0.25) is 4.79 Å². The van der Waals surface area contributed by atoms with Crippen LogP contribution in [0.5, 0.6) is 0 Å². The summed E-state index contributed by atoms with van der Waals surface area (Å²) in [4.78, 5) is 12.4. The van der Waals surface area contributed by atoms with Crippen molar-refractivity contribution in [2.75, 3.05) is 33.0 Å². The first-order valence-electron chi connectivity index (χ1n) is 8.31. The van der Waals surface area contributed by atoms with Gasteiger partial charge in [0.15, 0.2) is 0 Å². The van der Waals surface area contributed by atoms with Crippen LogP contribution in [0.25, 0.3) is 0 Å². The van der Waals surface area contributed by atoms with E-state index in [2.05, 4.69) is 5.32 Å². The second-order valence-corrected chi connectivity index (χ2v) is 6.11. The molecule has 2 aliphatic rings. The van der Waals surface area contributed by atoms with Gasteiger partial charge >= 0.3 is 5.97 Å². The Hall–Kier alpha value is -0.650. The summed E-state index contributed by atoms with van der Waals surface area (Å²) < 4.78 is 16.7. The zero-order valence-electron chi connectivity index (χ0n) is 13.4. The molecule has 0 aromatic carbocycles. The number of hydrogen-bond donors (Lipinski definition) is 1. The first kappa shape index (κ1) is 16.7. The third-order valence-electron chi connectivity index (χ3n) is 4.48. The quantitative estimate of drug-likeness (QED) is 0.728. The highest BCUT2D eigenvalue weighted by Gasteiger charge is 2.43. The third kappa shape index (κ3) is 4.41. The minimum atomic E-state index is -0.556. The summed E-state index contributed by atoms with van der Waals surface area (Å²) in [5.74, 6) is 0.396. The average molecular weight is 299 g/mol. The van der Waals surface area contributed by atoms with E-state index in [0.717, 1.165) is 52.0 Å². The molecule has 1 saturated heterocycles. The van der Waals surface area contributed by atoms with Crippen LogP contribution in [0.1, 0.15) is 46.0 Å². The first-order valence-corrected chi connectivity index (χ1v) is 8.31. The van der Waals surface area contributed by atoms with Gasteiger partial charge in [-0.25, -0.2) is 0 Å². The van der Waals surface area contributed by atoms with Gasteiger partial charge in [0.2, 0.25) is 0 Å². The number of esters is 1. The van der Waals surface area contributed by atoms with Crippen LogP contribution < -0.4 is 5.32 Å². The van der Waals surface area contributed by atoms with E-state index < -0.39 is 5.54 Å². The molecule has 1 aliphatic heterocycles. The Morgan fingerprint density at radius 1 is 1.38 bits per heavy atom. The molecule has 5 nitrogen and oxygen atoms in total. The lowest BCUT2D eigenvalue weighted by Gasteiger charge is -2.39. The maximum Gasteiger partial charge on any atom is 0.326 e. The van der Waals surface area contributed by atoms with E-state index in [0.29, 0.717) is 18.9 Å². The monoisotopic (exact) mass is 299 g/mol. The molecule has 2 fully saturated rings. The highest BCUT2D eigenvalue weighted by molar-refractivity contribution is 5.81. The molecule has 0 aromatic heterocycles. The Balaban J connectivity index is 1.90. The van der Waals surface area contributed by atoms with E-state index in [1.165, 1.54) is 0 Å². The molecule has 1 heterocycles. The number of nitrogens with one attached hydrogen (secondary N) is 1. The van der Waals surface area contributed by atoms with Crippen molar-refractivity contribution < 1.29 is 19.0 Å². The molecule has 0 aromatic rings. The minimum absolute atomic E-state index is 0.121. The van der Waals surface area contributed by atoms with Gasteiger partial charge in [-0.05, 0) is 39.2 Å². The molecule has 1 N–H and O–H groups in total. The largest absolute Gasteiger partial charge is 0.465 e. The van der Waals surface area contributed by atoms with Gasteiger partial charge in [-0.2, -0.15) is 0 Å². The van der Waals surface area contributed by atoms with Gasteiger partial charge < -0.3 is 19.5 Å². The molecule has 3 atom stereocenters. The van der Waals surface area contributed by atoms with Crippen molar-refractivity contribution in [2.24, 2.45) is 5.92 Å². The predicted octanol–water partition coefficient (Wildman–Crippen LogP) is 1.89. The molecule has 21 heavy (non-hydrogen) atoms. The maximum absolute atomic E-state index is 12.4. The van der Waals surface area contributed by atoms with Crippen molar-refractivity contribution in [1.82, 2.24) is 5.32 Å². The number of rotatable bonds is 7.